The molecule has 6 nitrogen and oxygen atoms in total. The number of amides is 1. The van der Waals surface area contributed by atoms with Crippen LogP contribution in [0.1, 0.15) is 15.9 Å². The van der Waals surface area contributed by atoms with Crippen LogP contribution in [-0.4, -0.2) is 52.8 Å². The summed E-state index contributed by atoms with van der Waals surface area (Å²) in [5.41, 5.74) is 1.11. The van der Waals surface area contributed by atoms with Crippen LogP contribution in [-0.2, 0) is 16.1 Å². The van der Waals surface area contributed by atoms with Crippen molar-refractivity contribution in [2.45, 2.75) is 12.6 Å². The van der Waals surface area contributed by atoms with E-state index in [1.165, 1.54) is 4.90 Å². The Labute approximate surface area is 110 Å². The van der Waals surface area contributed by atoms with E-state index in [-0.39, 0.29) is 25.7 Å². The van der Waals surface area contributed by atoms with E-state index >= 15 is 0 Å². The van der Waals surface area contributed by atoms with Crippen molar-refractivity contribution in [2.24, 2.45) is 0 Å². The molecule has 1 aliphatic rings. The normalized spacial score (nSPS) is 19.2. The minimum atomic E-state index is -1.07. The second-order valence-electron chi connectivity index (χ2n) is 4.28. The molecule has 0 bridgehead atoms. The lowest BCUT2D eigenvalue weighted by atomic mass is 10.1. The van der Waals surface area contributed by atoms with Crippen molar-refractivity contribution in [2.75, 3.05) is 19.8 Å². The predicted octanol–water partition coefficient (Wildman–Crippen LogP) is 0.104. The molecule has 1 atom stereocenters. The number of carboxylic acids is 1. The van der Waals surface area contributed by atoms with E-state index < -0.39 is 12.0 Å². The fraction of sp³-hybridized carbons (Fsp3) is 0.385. The quantitative estimate of drug-likeness (QED) is 0.809. The van der Waals surface area contributed by atoms with Gasteiger partial charge in [0, 0.05) is 12.1 Å². The molecule has 1 heterocycles. The molecule has 2 N–H and O–H groups in total. The molecular weight excluding hydrogens is 250 g/mol. The Kier molecular flexibility index (Phi) is 4.13. The predicted molar refractivity (Wildman–Crippen MR) is 65.6 cm³/mol. The highest BCUT2D eigenvalue weighted by Gasteiger charge is 2.33. The molecule has 2 rings (SSSR count). The maximum absolute atomic E-state index is 12.3. The number of carbonyl (C=O) groups excluding carboxylic acids is 1. The van der Waals surface area contributed by atoms with E-state index in [0.717, 1.165) is 0 Å². The smallest absolute Gasteiger partial charge is 0.328 e. The van der Waals surface area contributed by atoms with Crippen molar-refractivity contribution in [1.82, 2.24) is 4.90 Å². The van der Waals surface area contributed by atoms with Gasteiger partial charge in [-0.2, -0.15) is 0 Å². The SMILES string of the molecule is O=C(O)C1COCCN1C(=O)c1ccc(CO)cc1. The van der Waals surface area contributed by atoms with Crippen LogP contribution < -0.4 is 0 Å². The third-order valence-corrected chi connectivity index (χ3v) is 3.06. The van der Waals surface area contributed by atoms with Crippen molar-refractivity contribution >= 4 is 11.9 Å². The van der Waals surface area contributed by atoms with Crippen LogP contribution in [0.15, 0.2) is 24.3 Å². The summed E-state index contributed by atoms with van der Waals surface area (Å²) in [6, 6.07) is 5.51. The third kappa shape index (κ3) is 2.91. The van der Waals surface area contributed by atoms with Crippen LogP contribution >= 0.6 is 0 Å². The highest BCUT2D eigenvalue weighted by atomic mass is 16.5. The fourth-order valence-electron chi connectivity index (χ4n) is 1.97. The summed E-state index contributed by atoms with van der Waals surface area (Å²) in [4.78, 5) is 24.7. The van der Waals surface area contributed by atoms with Crippen molar-refractivity contribution in [3.05, 3.63) is 35.4 Å². The van der Waals surface area contributed by atoms with E-state index in [9.17, 15) is 9.59 Å². The highest BCUT2D eigenvalue weighted by Crippen LogP contribution is 2.14. The van der Waals surface area contributed by atoms with Crippen LogP contribution in [0, 0.1) is 0 Å². The van der Waals surface area contributed by atoms with Crippen LogP contribution in [0.25, 0.3) is 0 Å². The number of aliphatic hydroxyl groups excluding tert-OH is 1. The molecular formula is C13H15NO5. The van der Waals surface area contributed by atoms with Gasteiger partial charge >= 0.3 is 5.97 Å². The molecule has 0 aliphatic carbocycles. The summed E-state index contributed by atoms with van der Waals surface area (Å²) in [6.45, 7) is 0.515. The lowest BCUT2D eigenvalue weighted by molar-refractivity contribution is -0.147. The minimum absolute atomic E-state index is 0.00972. The van der Waals surface area contributed by atoms with Gasteiger partial charge in [0.2, 0.25) is 0 Å². The number of hydrogen-bond acceptors (Lipinski definition) is 4. The molecule has 0 saturated carbocycles. The maximum Gasteiger partial charge on any atom is 0.328 e. The second kappa shape index (κ2) is 5.81. The lowest BCUT2D eigenvalue weighted by Gasteiger charge is -2.32. The molecule has 19 heavy (non-hydrogen) atoms. The van der Waals surface area contributed by atoms with E-state index in [1.54, 1.807) is 24.3 Å². The Bertz CT molecular complexity index is 470. The van der Waals surface area contributed by atoms with Crippen LogP contribution in [0.2, 0.25) is 0 Å². The number of morpholine rings is 1. The van der Waals surface area contributed by atoms with Crippen molar-refractivity contribution in [1.29, 1.82) is 0 Å². The number of aliphatic carboxylic acids is 1. The Morgan fingerprint density at radius 2 is 2.00 bits per heavy atom. The van der Waals surface area contributed by atoms with Gasteiger partial charge in [0.1, 0.15) is 0 Å². The first-order valence-corrected chi connectivity index (χ1v) is 5.95. The zero-order valence-electron chi connectivity index (χ0n) is 10.3. The van der Waals surface area contributed by atoms with Crippen molar-refractivity contribution < 1.29 is 24.5 Å². The summed E-state index contributed by atoms with van der Waals surface area (Å²) in [5, 5.41) is 18.0. The summed E-state index contributed by atoms with van der Waals surface area (Å²) in [5.74, 6) is -1.40. The second-order valence-corrected chi connectivity index (χ2v) is 4.28. The molecule has 1 saturated heterocycles. The van der Waals surface area contributed by atoms with E-state index in [4.69, 9.17) is 14.9 Å². The first-order valence-electron chi connectivity index (χ1n) is 5.95. The molecule has 1 aliphatic heterocycles. The Hall–Kier alpha value is -1.92. The Balaban J connectivity index is 2.18. The van der Waals surface area contributed by atoms with Gasteiger partial charge < -0.3 is 19.8 Å². The molecule has 0 aromatic heterocycles. The van der Waals surface area contributed by atoms with Gasteiger partial charge in [0.25, 0.3) is 5.91 Å². The molecule has 102 valence electrons. The standard InChI is InChI=1S/C13H15NO5/c15-7-9-1-3-10(4-2-9)12(16)14-5-6-19-8-11(14)13(17)18/h1-4,11,15H,5-8H2,(H,17,18). The van der Waals surface area contributed by atoms with E-state index in [2.05, 4.69) is 0 Å². The summed E-state index contributed by atoms with van der Waals surface area (Å²) in [6.07, 6.45) is 0. The number of aliphatic hydroxyl groups is 1. The lowest BCUT2D eigenvalue weighted by Crippen LogP contribution is -2.52. The first kappa shape index (κ1) is 13.5. The number of nitrogens with zero attached hydrogens (tertiary/aromatic N) is 1. The monoisotopic (exact) mass is 265 g/mol. The first-order chi connectivity index (χ1) is 9.13. The van der Waals surface area contributed by atoms with Gasteiger partial charge in [-0.15, -0.1) is 0 Å². The molecule has 1 unspecified atom stereocenters. The van der Waals surface area contributed by atoms with Crippen molar-refractivity contribution in [3.8, 4) is 0 Å². The number of carbonyl (C=O) groups is 2. The van der Waals surface area contributed by atoms with Crippen LogP contribution in [0.3, 0.4) is 0 Å². The molecule has 1 amide bonds. The molecule has 1 fully saturated rings. The zero-order valence-corrected chi connectivity index (χ0v) is 10.3. The van der Waals surface area contributed by atoms with Gasteiger partial charge in [0.15, 0.2) is 6.04 Å². The van der Waals surface area contributed by atoms with Gasteiger partial charge in [-0.1, -0.05) is 12.1 Å². The van der Waals surface area contributed by atoms with E-state index in [0.29, 0.717) is 17.7 Å². The molecule has 1 aromatic rings. The van der Waals surface area contributed by atoms with Crippen LogP contribution in [0.4, 0.5) is 0 Å². The largest absolute Gasteiger partial charge is 0.480 e. The topological polar surface area (TPSA) is 87.1 Å². The third-order valence-electron chi connectivity index (χ3n) is 3.06. The molecule has 6 heteroatoms. The highest BCUT2D eigenvalue weighted by molar-refractivity contribution is 5.96. The Morgan fingerprint density at radius 1 is 1.32 bits per heavy atom. The average molecular weight is 265 g/mol. The fourth-order valence-corrected chi connectivity index (χ4v) is 1.97. The number of carboxylic acid groups (broad SMARTS) is 1. The van der Waals surface area contributed by atoms with Gasteiger partial charge in [-0.25, -0.2) is 4.79 Å². The zero-order chi connectivity index (χ0) is 13.8. The van der Waals surface area contributed by atoms with Crippen LogP contribution in [0.5, 0.6) is 0 Å². The minimum Gasteiger partial charge on any atom is -0.480 e. The molecule has 1 aromatic carbocycles. The summed E-state index contributed by atoms with van der Waals surface area (Å²) >= 11 is 0. The number of hydrogen-bond donors (Lipinski definition) is 2. The van der Waals surface area contributed by atoms with Gasteiger partial charge in [-0.05, 0) is 17.7 Å². The van der Waals surface area contributed by atoms with Crippen molar-refractivity contribution in [3.63, 3.8) is 0 Å². The van der Waals surface area contributed by atoms with Gasteiger partial charge in [-0.3, -0.25) is 4.79 Å². The maximum atomic E-state index is 12.3. The summed E-state index contributed by atoms with van der Waals surface area (Å²) < 4.78 is 5.09. The Morgan fingerprint density at radius 3 is 2.58 bits per heavy atom. The molecule has 0 radical (unpaired) electrons. The number of ether oxygens (including phenoxy) is 1. The van der Waals surface area contributed by atoms with E-state index in [1.807, 2.05) is 0 Å². The number of benzene rings is 1. The molecule has 0 spiro atoms. The average Bonchev–Trinajstić information content (AvgIpc) is 2.46. The number of rotatable bonds is 3. The summed E-state index contributed by atoms with van der Waals surface area (Å²) in [7, 11) is 0. The van der Waals surface area contributed by atoms with Gasteiger partial charge in [0.05, 0.1) is 19.8 Å².